The van der Waals surface area contributed by atoms with Crippen LogP contribution in [-0.4, -0.2) is 25.9 Å². The number of fused-ring (bicyclic) bond motifs is 1. The van der Waals surface area contributed by atoms with Crippen LogP contribution >= 0.6 is 22.9 Å². The molecule has 30 heavy (non-hydrogen) atoms. The van der Waals surface area contributed by atoms with E-state index in [0.717, 1.165) is 23.4 Å². The van der Waals surface area contributed by atoms with Gasteiger partial charge in [0.25, 0.3) is 11.5 Å². The maximum atomic E-state index is 13.0. The largest absolute Gasteiger partial charge is 0.295 e. The Bertz CT molecular complexity index is 1280. The molecule has 4 rings (SSSR count). The molecule has 1 N–H and O–H groups in total. The molecule has 0 aliphatic carbocycles. The average Bonchev–Trinajstić information content (AvgIpc) is 3.18. The number of aryl methyl sites for hydroxylation is 1. The molecule has 0 fully saturated rings. The molecule has 2 aromatic carbocycles. The van der Waals surface area contributed by atoms with Gasteiger partial charge >= 0.3 is 0 Å². The first kappa shape index (κ1) is 20.2. The summed E-state index contributed by atoms with van der Waals surface area (Å²) < 4.78 is 1.26. The van der Waals surface area contributed by atoms with Gasteiger partial charge in [-0.05, 0) is 24.1 Å². The maximum Gasteiger partial charge on any atom is 0.278 e. The molecule has 0 spiro atoms. The van der Waals surface area contributed by atoms with Crippen LogP contribution in [0.1, 0.15) is 34.4 Å². The zero-order chi connectivity index (χ0) is 21.1. The van der Waals surface area contributed by atoms with E-state index >= 15 is 0 Å². The number of benzene rings is 2. The van der Waals surface area contributed by atoms with Crippen LogP contribution in [-0.2, 0) is 13.0 Å². The van der Waals surface area contributed by atoms with Gasteiger partial charge in [0, 0.05) is 16.8 Å². The minimum atomic E-state index is -0.446. The molecule has 152 valence electrons. The smallest absolute Gasteiger partial charge is 0.278 e. The number of nitrogens with one attached hydrogen (secondary N) is 1. The van der Waals surface area contributed by atoms with Gasteiger partial charge in [0.15, 0.2) is 5.69 Å². The van der Waals surface area contributed by atoms with Crippen molar-refractivity contribution in [1.82, 2.24) is 20.0 Å². The van der Waals surface area contributed by atoms with E-state index in [1.54, 1.807) is 30.3 Å². The topological polar surface area (TPSA) is 89.8 Å². The number of hydrogen-bond donors (Lipinski definition) is 1. The summed E-state index contributed by atoms with van der Waals surface area (Å²) in [5.41, 5.74) is 0.594. The number of carbonyl (C=O) groups excluding carboxylic acids is 1. The summed E-state index contributed by atoms with van der Waals surface area (Å²) in [4.78, 5) is 26.0. The van der Waals surface area contributed by atoms with E-state index in [0.29, 0.717) is 20.9 Å². The summed E-state index contributed by atoms with van der Waals surface area (Å²) in [6.07, 6.45) is 1.75. The number of carbonyl (C=O) groups is 1. The number of anilines is 1. The molecule has 1 amide bonds. The number of aromatic nitrogens is 4. The van der Waals surface area contributed by atoms with Crippen molar-refractivity contribution in [3.8, 4) is 0 Å². The highest BCUT2D eigenvalue weighted by Gasteiger charge is 2.19. The predicted octanol–water partition coefficient (Wildman–Crippen LogP) is 4.15. The fourth-order valence-corrected chi connectivity index (χ4v) is 4.11. The fraction of sp³-hybridized carbons (Fsp3) is 0.190. The molecule has 9 heteroatoms. The minimum absolute atomic E-state index is 0.143. The highest BCUT2D eigenvalue weighted by Crippen LogP contribution is 2.20. The quantitative estimate of drug-likeness (QED) is 0.487. The number of amides is 1. The summed E-state index contributed by atoms with van der Waals surface area (Å²) in [6.45, 7) is 2.21. The van der Waals surface area contributed by atoms with Gasteiger partial charge in [-0.2, -0.15) is 5.10 Å². The standard InChI is InChI=1S/C21H18ClN5O2S/c1-2-7-17-24-25-21(30-17)23-19(28)18-14-9-4-5-10-15(14)20(29)27(26-18)12-13-8-3-6-11-16(13)22/h3-6,8-11H,2,7,12H2,1H3,(H,23,25,28). The van der Waals surface area contributed by atoms with Gasteiger partial charge in [0.05, 0.1) is 11.9 Å². The molecule has 0 saturated heterocycles. The minimum Gasteiger partial charge on any atom is -0.295 e. The van der Waals surface area contributed by atoms with Gasteiger partial charge in [-0.1, -0.05) is 66.3 Å². The Balaban J connectivity index is 1.74. The summed E-state index contributed by atoms with van der Waals surface area (Å²) in [5.74, 6) is -0.446. The van der Waals surface area contributed by atoms with E-state index in [1.165, 1.54) is 16.0 Å². The number of halogens is 1. The van der Waals surface area contributed by atoms with Crippen LogP contribution in [0, 0.1) is 0 Å². The van der Waals surface area contributed by atoms with Gasteiger partial charge in [0.2, 0.25) is 5.13 Å². The second-order valence-electron chi connectivity index (χ2n) is 6.65. The molecule has 0 radical (unpaired) electrons. The van der Waals surface area contributed by atoms with Gasteiger partial charge in [-0.3, -0.25) is 14.9 Å². The second kappa shape index (κ2) is 8.73. The Morgan fingerprint density at radius 3 is 2.60 bits per heavy atom. The molecule has 2 heterocycles. The summed E-state index contributed by atoms with van der Waals surface area (Å²) in [7, 11) is 0. The Hall–Kier alpha value is -3.10. The van der Waals surface area contributed by atoms with E-state index in [4.69, 9.17) is 11.6 Å². The van der Waals surface area contributed by atoms with Crippen molar-refractivity contribution in [1.29, 1.82) is 0 Å². The van der Waals surface area contributed by atoms with Crippen molar-refractivity contribution in [2.75, 3.05) is 5.32 Å². The molecule has 0 aliphatic heterocycles. The lowest BCUT2D eigenvalue weighted by atomic mass is 10.1. The van der Waals surface area contributed by atoms with Crippen molar-refractivity contribution >= 4 is 44.7 Å². The van der Waals surface area contributed by atoms with Crippen molar-refractivity contribution in [2.45, 2.75) is 26.3 Å². The Morgan fingerprint density at radius 2 is 1.83 bits per heavy atom. The van der Waals surface area contributed by atoms with Crippen LogP contribution in [0.5, 0.6) is 0 Å². The first-order valence-electron chi connectivity index (χ1n) is 9.44. The van der Waals surface area contributed by atoms with E-state index in [-0.39, 0.29) is 17.8 Å². The van der Waals surface area contributed by atoms with Crippen molar-refractivity contribution in [3.05, 3.63) is 80.2 Å². The van der Waals surface area contributed by atoms with Crippen molar-refractivity contribution in [3.63, 3.8) is 0 Å². The third kappa shape index (κ3) is 4.10. The SMILES string of the molecule is CCCc1nnc(NC(=O)c2nn(Cc3ccccc3Cl)c(=O)c3ccccc23)s1. The molecule has 0 bridgehead atoms. The van der Waals surface area contributed by atoms with Crippen LogP contribution in [0.25, 0.3) is 10.8 Å². The molecule has 7 nitrogen and oxygen atoms in total. The molecule has 4 aromatic rings. The second-order valence-corrected chi connectivity index (χ2v) is 8.12. The van der Waals surface area contributed by atoms with Crippen LogP contribution < -0.4 is 10.9 Å². The molecular weight excluding hydrogens is 422 g/mol. The molecule has 0 saturated carbocycles. The van der Waals surface area contributed by atoms with Crippen molar-refractivity contribution < 1.29 is 4.79 Å². The fourth-order valence-electron chi connectivity index (χ4n) is 3.07. The zero-order valence-corrected chi connectivity index (χ0v) is 17.7. The maximum absolute atomic E-state index is 13.0. The van der Waals surface area contributed by atoms with Gasteiger partial charge < -0.3 is 0 Å². The molecule has 2 aromatic heterocycles. The Kier molecular flexibility index (Phi) is 5.87. The summed E-state index contributed by atoms with van der Waals surface area (Å²) in [6, 6.07) is 14.1. The molecule has 0 unspecified atom stereocenters. The normalized spacial score (nSPS) is 11.0. The van der Waals surface area contributed by atoms with Gasteiger partial charge in [0.1, 0.15) is 5.01 Å². The summed E-state index contributed by atoms with van der Waals surface area (Å²) >= 11 is 7.58. The van der Waals surface area contributed by atoms with Crippen LogP contribution in [0.15, 0.2) is 53.3 Å². The Labute approximate surface area is 181 Å². The third-order valence-corrected chi connectivity index (χ3v) is 5.78. The van der Waals surface area contributed by atoms with E-state index in [2.05, 4.69) is 27.5 Å². The van der Waals surface area contributed by atoms with Crippen molar-refractivity contribution in [2.24, 2.45) is 0 Å². The lowest BCUT2D eigenvalue weighted by Gasteiger charge is -2.11. The van der Waals surface area contributed by atoms with E-state index < -0.39 is 5.91 Å². The van der Waals surface area contributed by atoms with Gasteiger partial charge in [-0.15, -0.1) is 10.2 Å². The molecule has 0 atom stereocenters. The highest BCUT2D eigenvalue weighted by molar-refractivity contribution is 7.15. The van der Waals surface area contributed by atoms with Crippen LogP contribution in [0.4, 0.5) is 5.13 Å². The molecular formula is C21H18ClN5O2S. The molecule has 0 aliphatic rings. The predicted molar refractivity (Wildman–Crippen MR) is 118 cm³/mol. The highest BCUT2D eigenvalue weighted by atomic mass is 35.5. The van der Waals surface area contributed by atoms with E-state index in [9.17, 15) is 9.59 Å². The summed E-state index contributed by atoms with van der Waals surface area (Å²) in [5, 5.41) is 17.9. The van der Waals surface area contributed by atoms with Gasteiger partial charge in [-0.25, -0.2) is 4.68 Å². The number of nitrogens with zero attached hydrogens (tertiary/aromatic N) is 4. The number of rotatable bonds is 6. The zero-order valence-electron chi connectivity index (χ0n) is 16.1. The number of hydrogen-bond acceptors (Lipinski definition) is 6. The first-order valence-corrected chi connectivity index (χ1v) is 10.6. The monoisotopic (exact) mass is 439 g/mol. The first-order chi connectivity index (χ1) is 14.6. The van der Waals surface area contributed by atoms with E-state index in [1.807, 2.05) is 18.2 Å². The average molecular weight is 440 g/mol. The Morgan fingerprint density at radius 1 is 1.10 bits per heavy atom. The third-order valence-electron chi connectivity index (χ3n) is 4.51. The van der Waals surface area contributed by atoms with Crippen LogP contribution in [0.2, 0.25) is 5.02 Å². The van der Waals surface area contributed by atoms with Crippen LogP contribution in [0.3, 0.4) is 0 Å². The lowest BCUT2D eigenvalue weighted by molar-refractivity contribution is 0.102. The lowest BCUT2D eigenvalue weighted by Crippen LogP contribution is -2.28.